The van der Waals surface area contributed by atoms with E-state index in [1.54, 1.807) is 12.1 Å². The maximum Gasteiger partial charge on any atom is 0.124 e. The van der Waals surface area contributed by atoms with E-state index in [0.717, 1.165) is 27.9 Å². The second-order valence-electron chi connectivity index (χ2n) is 4.30. The van der Waals surface area contributed by atoms with E-state index >= 15 is 0 Å². The Bertz CT molecular complexity index is 526. The molecule has 1 N–H and O–H groups in total. The number of hydrogen-bond donors (Lipinski definition) is 1. The Morgan fingerprint density at radius 2 is 1.71 bits per heavy atom. The van der Waals surface area contributed by atoms with E-state index in [0.29, 0.717) is 0 Å². The SMILES string of the molecule is CNc1ccc(-c2cc(C)cc(F)c2)cc1C. The summed E-state index contributed by atoms with van der Waals surface area (Å²) in [5.41, 5.74) is 5.17. The Kier molecular flexibility index (Phi) is 3.14. The molecule has 0 saturated heterocycles. The van der Waals surface area contributed by atoms with Crippen LogP contribution in [0.3, 0.4) is 0 Å². The van der Waals surface area contributed by atoms with Crippen LogP contribution in [0.1, 0.15) is 11.1 Å². The molecule has 0 bridgehead atoms. The van der Waals surface area contributed by atoms with Crippen molar-refractivity contribution in [3.8, 4) is 11.1 Å². The lowest BCUT2D eigenvalue weighted by Gasteiger charge is -2.09. The first-order valence-corrected chi connectivity index (χ1v) is 5.66. The molecule has 0 unspecified atom stereocenters. The fraction of sp³-hybridized carbons (Fsp3) is 0.200. The van der Waals surface area contributed by atoms with Gasteiger partial charge in [0.1, 0.15) is 5.82 Å². The minimum absolute atomic E-state index is 0.185. The van der Waals surface area contributed by atoms with Crippen molar-refractivity contribution >= 4 is 5.69 Å². The standard InChI is InChI=1S/C15H16FN/c1-10-6-13(9-14(16)7-10)12-4-5-15(17-3)11(2)8-12/h4-9,17H,1-3H3. The Morgan fingerprint density at radius 1 is 0.941 bits per heavy atom. The number of nitrogens with one attached hydrogen (secondary N) is 1. The maximum atomic E-state index is 13.3. The first kappa shape index (κ1) is 11.6. The first-order valence-electron chi connectivity index (χ1n) is 5.66. The van der Waals surface area contributed by atoms with Gasteiger partial charge in [0.2, 0.25) is 0 Å². The Morgan fingerprint density at radius 3 is 2.29 bits per heavy atom. The third-order valence-electron chi connectivity index (χ3n) is 2.87. The molecule has 0 heterocycles. The predicted octanol–water partition coefficient (Wildman–Crippen LogP) is 4.15. The van der Waals surface area contributed by atoms with Gasteiger partial charge >= 0.3 is 0 Å². The van der Waals surface area contributed by atoms with E-state index in [1.165, 1.54) is 0 Å². The van der Waals surface area contributed by atoms with Gasteiger partial charge in [0.15, 0.2) is 0 Å². The molecule has 1 nitrogen and oxygen atoms in total. The average molecular weight is 229 g/mol. The minimum Gasteiger partial charge on any atom is -0.388 e. The number of benzene rings is 2. The lowest BCUT2D eigenvalue weighted by molar-refractivity contribution is 0.627. The quantitative estimate of drug-likeness (QED) is 0.815. The van der Waals surface area contributed by atoms with E-state index in [1.807, 2.05) is 39.1 Å². The molecule has 0 spiro atoms. The average Bonchev–Trinajstić information content (AvgIpc) is 2.27. The molecule has 0 fully saturated rings. The number of anilines is 1. The summed E-state index contributed by atoms with van der Waals surface area (Å²) >= 11 is 0. The van der Waals surface area contributed by atoms with E-state index in [9.17, 15) is 4.39 Å². The molecular formula is C15H16FN. The van der Waals surface area contributed by atoms with Crippen molar-refractivity contribution in [2.24, 2.45) is 0 Å². The van der Waals surface area contributed by atoms with Gasteiger partial charge in [-0.25, -0.2) is 4.39 Å². The highest BCUT2D eigenvalue weighted by Gasteiger charge is 2.03. The summed E-state index contributed by atoms with van der Waals surface area (Å²) in [6.07, 6.45) is 0. The molecular weight excluding hydrogens is 213 g/mol. The Labute approximate surface area is 101 Å². The van der Waals surface area contributed by atoms with Gasteiger partial charge in [-0.15, -0.1) is 0 Å². The Balaban J connectivity index is 2.49. The van der Waals surface area contributed by atoms with Gasteiger partial charge < -0.3 is 5.32 Å². The molecule has 2 rings (SSSR count). The summed E-state index contributed by atoms with van der Waals surface area (Å²) in [6.45, 7) is 3.95. The largest absolute Gasteiger partial charge is 0.388 e. The van der Waals surface area contributed by atoms with Gasteiger partial charge in [0.05, 0.1) is 0 Å². The van der Waals surface area contributed by atoms with E-state index in [2.05, 4.69) is 11.4 Å². The van der Waals surface area contributed by atoms with Crippen LogP contribution >= 0.6 is 0 Å². The normalized spacial score (nSPS) is 10.4. The van der Waals surface area contributed by atoms with Crippen LogP contribution < -0.4 is 5.32 Å². The molecule has 0 aliphatic rings. The van der Waals surface area contributed by atoms with Crippen molar-refractivity contribution in [2.75, 3.05) is 12.4 Å². The summed E-state index contributed by atoms with van der Waals surface area (Å²) in [4.78, 5) is 0. The van der Waals surface area contributed by atoms with Crippen LogP contribution in [-0.4, -0.2) is 7.05 Å². The first-order chi connectivity index (χ1) is 8.10. The fourth-order valence-corrected chi connectivity index (χ4v) is 2.03. The highest BCUT2D eigenvalue weighted by Crippen LogP contribution is 2.26. The van der Waals surface area contributed by atoms with Gasteiger partial charge in [-0.05, 0) is 60.4 Å². The van der Waals surface area contributed by atoms with Crippen molar-refractivity contribution in [1.82, 2.24) is 0 Å². The van der Waals surface area contributed by atoms with Crippen molar-refractivity contribution in [1.29, 1.82) is 0 Å². The van der Waals surface area contributed by atoms with Gasteiger partial charge in [0.25, 0.3) is 0 Å². The van der Waals surface area contributed by atoms with Gasteiger partial charge in [0, 0.05) is 12.7 Å². The molecule has 0 saturated carbocycles. The van der Waals surface area contributed by atoms with Crippen LogP contribution in [0.15, 0.2) is 36.4 Å². The van der Waals surface area contributed by atoms with Crippen LogP contribution in [0.4, 0.5) is 10.1 Å². The molecule has 0 aliphatic heterocycles. The fourth-order valence-electron chi connectivity index (χ4n) is 2.03. The molecule has 2 aromatic rings. The van der Waals surface area contributed by atoms with E-state index < -0.39 is 0 Å². The van der Waals surface area contributed by atoms with E-state index in [4.69, 9.17) is 0 Å². The number of halogens is 1. The van der Waals surface area contributed by atoms with Crippen LogP contribution in [0.2, 0.25) is 0 Å². The van der Waals surface area contributed by atoms with Crippen LogP contribution in [-0.2, 0) is 0 Å². The summed E-state index contributed by atoms with van der Waals surface area (Å²) in [5.74, 6) is -0.185. The lowest BCUT2D eigenvalue weighted by Crippen LogP contribution is -1.92. The smallest absolute Gasteiger partial charge is 0.124 e. The second-order valence-corrected chi connectivity index (χ2v) is 4.30. The third-order valence-corrected chi connectivity index (χ3v) is 2.87. The molecule has 2 heteroatoms. The van der Waals surface area contributed by atoms with E-state index in [-0.39, 0.29) is 5.82 Å². The monoisotopic (exact) mass is 229 g/mol. The summed E-state index contributed by atoms with van der Waals surface area (Å²) < 4.78 is 13.3. The summed E-state index contributed by atoms with van der Waals surface area (Å²) in [7, 11) is 1.90. The van der Waals surface area contributed by atoms with Crippen LogP contribution in [0.5, 0.6) is 0 Å². The van der Waals surface area contributed by atoms with Crippen LogP contribution in [0.25, 0.3) is 11.1 Å². The minimum atomic E-state index is -0.185. The molecule has 0 aromatic heterocycles. The van der Waals surface area contributed by atoms with Crippen molar-refractivity contribution < 1.29 is 4.39 Å². The summed E-state index contributed by atoms with van der Waals surface area (Å²) in [5, 5.41) is 3.12. The number of rotatable bonds is 2. The molecule has 0 aliphatic carbocycles. The highest BCUT2D eigenvalue weighted by molar-refractivity contribution is 5.69. The predicted molar refractivity (Wildman–Crippen MR) is 70.9 cm³/mol. The number of hydrogen-bond acceptors (Lipinski definition) is 1. The molecule has 17 heavy (non-hydrogen) atoms. The van der Waals surface area contributed by atoms with Gasteiger partial charge in [-0.3, -0.25) is 0 Å². The Hall–Kier alpha value is -1.83. The zero-order chi connectivity index (χ0) is 12.4. The zero-order valence-corrected chi connectivity index (χ0v) is 10.3. The zero-order valence-electron chi connectivity index (χ0n) is 10.3. The summed E-state index contributed by atoms with van der Waals surface area (Å²) in [6, 6.07) is 11.2. The molecule has 0 amide bonds. The van der Waals surface area contributed by atoms with Crippen LogP contribution in [0, 0.1) is 19.7 Å². The molecule has 88 valence electrons. The number of aryl methyl sites for hydroxylation is 2. The second kappa shape index (κ2) is 4.58. The third kappa shape index (κ3) is 2.47. The molecule has 0 radical (unpaired) electrons. The van der Waals surface area contributed by atoms with Gasteiger partial charge in [-0.1, -0.05) is 12.1 Å². The highest BCUT2D eigenvalue weighted by atomic mass is 19.1. The molecule has 0 atom stereocenters. The van der Waals surface area contributed by atoms with Crippen molar-refractivity contribution in [3.63, 3.8) is 0 Å². The van der Waals surface area contributed by atoms with Crippen molar-refractivity contribution in [2.45, 2.75) is 13.8 Å². The van der Waals surface area contributed by atoms with Crippen molar-refractivity contribution in [3.05, 3.63) is 53.3 Å². The molecule has 2 aromatic carbocycles. The van der Waals surface area contributed by atoms with Gasteiger partial charge in [-0.2, -0.15) is 0 Å². The maximum absolute atomic E-state index is 13.3. The lowest BCUT2D eigenvalue weighted by atomic mass is 10.0. The topological polar surface area (TPSA) is 12.0 Å².